The van der Waals surface area contributed by atoms with Crippen LogP contribution in [0.1, 0.15) is 13.8 Å². The number of hydrogen-bond acceptors (Lipinski definition) is 3. The Morgan fingerprint density at radius 2 is 2.18 bits per heavy atom. The van der Waals surface area contributed by atoms with Crippen LogP contribution in [0.2, 0.25) is 0 Å². The average Bonchev–Trinajstić information content (AvgIpc) is 2.35. The zero-order valence-corrected chi connectivity index (χ0v) is 6.48. The maximum atomic E-state index is 10.5. The van der Waals surface area contributed by atoms with E-state index < -0.39 is 11.9 Å². The van der Waals surface area contributed by atoms with E-state index >= 15 is 0 Å². The smallest absolute Gasteiger partial charge is 0.307 e. The van der Waals surface area contributed by atoms with Gasteiger partial charge in [-0.1, -0.05) is 13.8 Å². The fourth-order valence-corrected chi connectivity index (χ4v) is 1.50. The Hall–Kier alpha value is -1.06. The van der Waals surface area contributed by atoms with Crippen molar-refractivity contribution in [1.82, 2.24) is 0 Å². The summed E-state index contributed by atoms with van der Waals surface area (Å²) in [6.45, 7) is 3.69. The molecule has 62 valence electrons. The monoisotopic (exact) mass is 157 g/mol. The summed E-state index contributed by atoms with van der Waals surface area (Å²) in [7, 11) is 0. The largest absolute Gasteiger partial charge is 0.481 e. The first kappa shape index (κ1) is 8.04. The van der Waals surface area contributed by atoms with Crippen molar-refractivity contribution in [2.75, 3.05) is 0 Å². The van der Waals surface area contributed by atoms with Crippen molar-refractivity contribution in [2.45, 2.75) is 13.8 Å². The highest BCUT2D eigenvalue weighted by molar-refractivity contribution is 5.84. The number of carboxylic acids is 1. The van der Waals surface area contributed by atoms with Gasteiger partial charge in [0.05, 0.1) is 5.92 Å². The van der Waals surface area contributed by atoms with Gasteiger partial charge < -0.3 is 10.3 Å². The molecule has 0 aromatic heterocycles. The lowest BCUT2D eigenvalue weighted by Crippen LogP contribution is -2.03. The van der Waals surface area contributed by atoms with Gasteiger partial charge in [0, 0.05) is 12.1 Å². The van der Waals surface area contributed by atoms with Crippen LogP contribution in [0.3, 0.4) is 0 Å². The van der Waals surface area contributed by atoms with Crippen molar-refractivity contribution in [3.05, 3.63) is 0 Å². The lowest BCUT2D eigenvalue weighted by Gasteiger charge is -1.95. The van der Waals surface area contributed by atoms with Crippen LogP contribution in [-0.4, -0.2) is 22.5 Å². The Morgan fingerprint density at radius 3 is 2.45 bits per heavy atom. The second-order valence-corrected chi connectivity index (χ2v) is 3.43. The molecule has 0 heterocycles. The molecule has 1 aliphatic rings. The molecule has 0 spiro atoms. The topological polar surface area (TPSA) is 69.9 Å². The molecule has 0 aromatic carbocycles. The highest BCUT2D eigenvalue weighted by Gasteiger charge is 2.61. The van der Waals surface area contributed by atoms with Gasteiger partial charge in [-0.15, -0.1) is 5.16 Å². The Kier molecular flexibility index (Phi) is 1.62. The molecule has 4 nitrogen and oxygen atoms in total. The van der Waals surface area contributed by atoms with Crippen LogP contribution in [0.4, 0.5) is 0 Å². The van der Waals surface area contributed by atoms with E-state index in [1.807, 2.05) is 13.8 Å². The predicted molar refractivity (Wildman–Crippen MR) is 38.7 cm³/mol. The van der Waals surface area contributed by atoms with Crippen LogP contribution in [-0.2, 0) is 4.79 Å². The van der Waals surface area contributed by atoms with Crippen molar-refractivity contribution in [1.29, 1.82) is 0 Å². The molecule has 0 aliphatic heterocycles. The minimum Gasteiger partial charge on any atom is -0.481 e. The highest BCUT2D eigenvalue weighted by Crippen LogP contribution is 2.57. The molecule has 2 atom stereocenters. The van der Waals surface area contributed by atoms with Gasteiger partial charge >= 0.3 is 5.97 Å². The third-order valence-electron chi connectivity index (χ3n) is 2.40. The van der Waals surface area contributed by atoms with E-state index in [0.717, 1.165) is 0 Å². The fourth-order valence-electron chi connectivity index (χ4n) is 1.50. The summed E-state index contributed by atoms with van der Waals surface area (Å²) in [6.07, 6.45) is 1.29. The van der Waals surface area contributed by atoms with Crippen LogP contribution in [0, 0.1) is 17.3 Å². The first-order valence-corrected chi connectivity index (χ1v) is 3.42. The summed E-state index contributed by atoms with van der Waals surface area (Å²) >= 11 is 0. The second-order valence-electron chi connectivity index (χ2n) is 3.43. The van der Waals surface area contributed by atoms with Crippen molar-refractivity contribution in [3.63, 3.8) is 0 Å². The van der Waals surface area contributed by atoms with E-state index in [1.54, 1.807) is 0 Å². The van der Waals surface area contributed by atoms with E-state index in [2.05, 4.69) is 5.16 Å². The fraction of sp³-hybridized carbons (Fsp3) is 0.714. The number of oxime groups is 1. The second kappa shape index (κ2) is 2.22. The van der Waals surface area contributed by atoms with Crippen LogP contribution in [0.15, 0.2) is 5.16 Å². The quantitative estimate of drug-likeness (QED) is 0.354. The molecular formula is C7H11NO3. The molecule has 0 saturated heterocycles. The average molecular weight is 157 g/mol. The third-order valence-corrected chi connectivity index (χ3v) is 2.40. The molecule has 0 aromatic rings. The lowest BCUT2D eigenvalue weighted by molar-refractivity contribution is -0.139. The van der Waals surface area contributed by atoms with E-state index in [1.165, 1.54) is 6.21 Å². The normalized spacial score (nSPS) is 34.0. The number of rotatable bonds is 2. The molecule has 1 aliphatic carbocycles. The lowest BCUT2D eigenvalue weighted by atomic mass is 10.1. The van der Waals surface area contributed by atoms with E-state index in [-0.39, 0.29) is 11.3 Å². The van der Waals surface area contributed by atoms with Gasteiger partial charge in [-0.3, -0.25) is 4.79 Å². The summed E-state index contributed by atoms with van der Waals surface area (Å²) in [4.78, 5) is 10.5. The Bertz CT molecular complexity index is 210. The molecule has 0 radical (unpaired) electrons. The van der Waals surface area contributed by atoms with Gasteiger partial charge in [-0.25, -0.2) is 0 Å². The van der Waals surface area contributed by atoms with Crippen molar-refractivity contribution < 1.29 is 15.1 Å². The Balaban J connectivity index is 2.68. The predicted octanol–water partition coefficient (Wildman–Crippen LogP) is 0.803. The Morgan fingerprint density at radius 1 is 1.64 bits per heavy atom. The summed E-state index contributed by atoms with van der Waals surface area (Å²) in [5.41, 5.74) is -0.252. The van der Waals surface area contributed by atoms with E-state index in [0.29, 0.717) is 0 Å². The summed E-state index contributed by atoms with van der Waals surface area (Å²) in [5.74, 6) is -1.33. The highest BCUT2D eigenvalue weighted by atomic mass is 16.4. The number of aliphatic carboxylic acids is 1. The molecule has 0 amide bonds. The zero-order chi connectivity index (χ0) is 8.65. The van der Waals surface area contributed by atoms with Crippen molar-refractivity contribution in [2.24, 2.45) is 22.4 Å². The maximum Gasteiger partial charge on any atom is 0.307 e. The van der Waals surface area contributed by atoms with Gasteiger partial charge in [0.1, 0.15) is 0 Å². The van der Waals surface area contributed by atoms with Crippen LogP contribution < -0.4 is 0 Å². The van der Waals surface area contributed by atoms with Gasteiger partial charge in [-0.05, 0) is 5.41 Å². The first-order valence-electron chi connectivity index (χ1n) is 3.42. The minimum absolute atomic E-state index is 0.120. The molecule has 1 fully saturated rings. The molecule has 1 rings (SSSR count). The third kappa shape index (κ3) is 1.08. The minimum atomic E-state index is -0.820. The van der Waals surface area contributed by atoms with Gasteiger partial charge in [-0.2, -0.15) is 0 Å². The van der Waals surface area contributed by atoms with Crippen LogP contribution in [0.5, 0.6) is 0 Å². The Labute approximate surface area is 64.5 Å². The number of nitrogens with zero attached hydrogens (tertiary/aromatic N) is 1. The number of carboxylic acid groups (broad SMARTS) is 1. The molecule has 4 heteroatoms. The SMILES string of the molecule is CC1(C)C(/C=N/O)C1C(=O)O. The molecule has 1 saturated carbocycles. The molecular weight excluding hydrogens is 146 g/mol. The van der Waals surface area contributed by atoms with Crippen molar-refractivity contribution in [3.8, 4) is 0 Å². The van der Waals surface area contributed by atoms with Crippen LogP contribution >= 0.6 is 0 Å². The standard InChI is InChI=1S/C7H11NO3/c1-7(2)4(3-8-11)5(7)6(9)10/h3-5,11H,1-2H3,(H,9,10)/b8-3+. The number of carbonyl (C=O) groups is 1. The van der Waals surface area contributed by atoms with Crippen molar-refractivity contribution >= 4 is 12.2 Å². The summed E-state index contributed by atoms with van der Waals surface area (Å²) in [5, 5.41) is 19.7. The zero-order valence-electron chi connectivity index (χ0n) is 6.48. The molecule has 2 unspecified atom stereocenters. The van der Waals surface area contributed by atoms with Gasteiger partial charge in [0.15, 0.2) is 0 Å². The summed E-state index contributed by atoms with van der Waals surface area (Å²) in [6, 6.07) is 0. The van der Waals surface area contributed by atoms with E-state index in [4.69, 9.17) is 10.3 Å². The first-order chi connectivity index (χ1) is 5.01. The maximum absolute atomic E-state index is 10.5. The van der Waals surface area contributed by atoms with Crippen LogP contribution in [0.25, 0.3) is 0 Å². The molecule has 0 bridgehead atoms. The van der Waals surface area contributed by atoms with Gasteiger partial charge in [0.25, 0.3) is 0 Å². The van der Waals surface area contributed by atoms with E-state index in [9.17, 15) is 4.79 Å². The number of hydrogen-bond donors (Lipinski definition) is 2. The summed E-state index contributed by atoms with van der Waals surface area (Å²) < 4.78 is 0. The van der Waals surface area contributed by atoms with Gasteiger partial charge in [0.2, 0.25) is 0 Å². The molecule has 2 N–H and O–H groups in total. The molecule has 11 heavy (non-hydrogen) atoms.